The van der Waals surface area contributed by atoms with Crippen molar-refractivity contribution >= 4 is 23.9 Å². The monoisotopic (exact) mass is 361 g/mol. The summed E-state index contributed by atoms with van der Waals surface area (Å²) in [6.07, 6.45) is 0.860. The highest BCUT2D eigenvalue weighted by Gasteiger charge is 2.40. The van der Waals surface area contributed by atoms with E-state index in [2.05, 4.69) is 5.32 Å². The molecule has 0 aromatic heterocycles. The molecule has 1 N–H and O–H groups in total. The Kier molecular flexibility index (Phi) is 6.23. The molecule has 142 valence electrons. The molecule has 0 unspecified atom stereocenters. The van der Waals surface area contributed by atoms with E-state index in [9.17, 15) is 14.4 Å². The SMILES string of the molecule is CC(C)Oc1ccc(NC(=O)C(C)(C)C(=O)N2CCN(C=O)CC2)cc1. The first-order valence-corrected chi connectivity index (χ1v) is 8.81. The van der Waals surface area contributed by atoms with Crippen molar-refractivity contribution in [2.45, 2.75) is 33.8 Å². The maximum absolute atomic E-state index is 12.8. The van der Waals surface area contributed by atoms with E-state index >= 15 is 0 Å². The van der Waals surface area contributed by atoms with Crippen LogP contribution in [-0.4, -0.2) is 60.3 Å². The molecule has 1 aliphatic heterocycles. The van der Waals surface area contributed by atoms with Crippen molar-refractivity contribution in [3.63, 3.8) is 0 Å². The largest absolute Gasteiger partial charge is 0.491 e. The van der Waals surface area contributed by atoms with Gasteiger partial charge in [-0.05, 0) is 52.0 Å². The van der Waals surface area contributed by atoms with Gasteiger partial charge in [0.2, 0.25) is 18.2 Å². The summed E-state index contributed by atoms with van der Waals surface area (Å²) in [7, 11) is 0. The van der Waals surface area contributed by atoms with Gasteiger partial charge in [0, 0.05) is 31.9 Å². The number of nitrogens with one attached hydrogen (secondary N) is 1. The summed E-state index contributed by atoms with van der Waals surface area (Å²) in [6.45, 7) is 8.98. The molecule has 1 saturated heterocycles. The molecule has 0 bridgehead atoms. The number of hydrogen-bond acceptors (Lipinski definition) is 4. The van der Waals surface area contributed by atoms with Gasteiger partial charge in [-0.25, -0.2) is 0 Å². The number of benzene rings is 1. The van der Waals surface area contributed by atoms with Crippen LogP contribution in [0.15, 0.2) is 24.3 Å². The lowest BCUT2D eigenvalue weighted by Gasteiger charge is -2.36. The number of carbonyl (C=O) groups excluding carboxylic acids is 3. The summed E-state index contributed by atoms with van der Waals surface area (Å²) in [4.78, 5) is 39.4. The number of anilines is 1. The van der Waals surface area contributed by atoms with Gasteiger partial charge in [0.05, 0.1) is 6.10 Å². The summed E-state index contributed by atoms with van der Waals surface area (Å²) < 4.78 is 5.57. The number of carbonyl (C=O) groups is 3. The highest BCUT2D eigenvalue weighted by molar-refractivity contribution is 6.09. The zero-order valence-corrected chi connectivity index (χ0v) is 15.8. The first-order valence-electron chi connectivity index (χ1n) is 8.81. The van der Waals surface area contributed by atoms with Crippen molar-refractivity contribution in [3.8, 4) is 5.75 Å². The Bertz CT molecular complexity index is 647. The maximum Gasteiger partial charge on any atom is 0.239 e. The van der Waals surface area contributed by atoms with E-state index in [0.29, 0.717) is 31.9 Å². The lowest BCUT2D eigenvalue weighted by atomic mass is 9.89. The quantitative estimate of drug-likeness (QED) is 0.618. The second kappa shape index (κ2) is 8.21. The second-order valence-corrected chi connectivity index (χ2v) is 7.20. The Morgan fingerprint density at radius 2 is 1.69 bits per heavy atom. The van der Waals surface area contributed by atoms with Crippen molar-refractivity contribution in [1.29, 1.82) is 0 Å². The standard InChI is InChI=1S/C19H27N3O4/c1-14(2)26-16-7-5-15(6-8-16)20-17(24)19(3,4)18(25)22-11-9-21(13-23)10-12-22/h5-8,13-14H,9-12H2,1-4H3,(H,20,24). The Balaban J connectivity index is 1.98. The third-order valence-corrected chi connectivity index (χ3v) is 4.34. The molecule has 26 heavy (non-hydrogen) atoms. The van der Waals surface area contributed by atoms with Gasteiger partial charge in [0.1, 0.15) is 11.2 Å². The molecule has 0 atom stereocenters. The van der Waals surface area contributed by atoms with Crippen LogP contribution in [0.5, 0.6) is 5.75 Å². The van der Waals surface area contributed by atoms with E-state index in [-0.39, 0.29) is 17.9 Å². The fourth-order valence-electron chi connectivity index (χ4n) is 2.70. The van der Waals surface area contributed by atoms with Crippen LogP contribution < -0.4 is 10.1 Å². The van der Waals surface area contributed by atoms with Crippen molar-refractivity contribution < 1.29 is 19.1 Å². The van der Waals surface area contributed by atoms with Gasteiger partial charge >= 0.3 is 0 Å². The summed E-state index contributed by atoms with van der Waals surface area (Å²) in [5.74, 6) is 0.125. The second-order valence-electron chi connectivity index (χ2n) is 7.20. The average Bonchev–Trinajstić information content (AvgIpc) is 2.62. The normalized spacial score (nSPS) is 15.0. The van der Waals surface area contributed by atoms with Gasteiger partial charge in [-0.15, -0.1) is 0 Å². The molecule has 1 aliphatic rings. The molecule has 1 aromatic carbocycles. The molecule has 2 rings (SSSR count). The molecule has 1 aromatic rings. The van der Waals surface area contributed by atoms with Gasteiger partial charge in [0.15, 0.2) is 0 Å². The van der Waals surface area contributed by atoms with E-state index in [1.54, 1.807) is 47.9 Å². The molecule has 1 heterocycles. The molecule has 7 heteroatoms. The van der Waals surface area contributed by atoms with Crippen LogP contribution in [0, 0.1) is 5.41 Å². The Morgan fingerprint density at radius 1 is 1.12 bits per heavy atom. The summed E-state index contributed by atoms with van der Waals surface area (Å²) >= 11 is 0. The molecule has 1 fully saturated rings. The van der Waals surface area contributed by atoms with Gasteiger partial charge < -0.3 is 19.9 Å². The molecule has 3 amide bonds. The van der Waals surface area contributed by atoms with E-state index in [4.69, 9.17) is 4.74 Å². The minimum absolute atomic E-state index is 0.0756. The first kappa shape index (κ1) is 19.8. The number of amides is 3. The fourth-order valence-corrected chi connectivity index (χ4v) is 2.70. The van der Waals surface area contributed by atoms with E-state index < -0.39 is 5.41 Å². The summed E-state index contributed by atoms with van der Waals surface area (Å²) in [5.41, 5.74) is -0.589. The highest BCUT2D eigenvalue weighted by atomic mass is 16.5. The number of nitrogens with zero attached hydrogens (tertiary/aromatic N) is 2. The molecule has 0 saturated carbocycles. The summed E-state index contributed by atoms with van der Waals surface area (Å²) in [5, 5.41) is 2.79. The molecule has 0 aliphatic carbocycles. The highest BCUT2D eigenvalue weighted by Crippen LogP contribution is 2.24. The van der Waals surface area contributed by atoms with Gasteiger partial charge in [-0.2, -0.15) is 0 Å². The van der Waals surface area contributed by atoms with Gasteiger partial charge in [0.25, 0.3) is 0 Å². The van der Waals surface area contributed by atoms with Crippen LogP contribution in [0.3, 0.4) is 0 Å². The molecule has 7 nitrogen and oxygen atoms in total. The van der Waals surface area contributed by atoms with Crippen LogP contribution in [0.4, 0.5) is 5.69 Å². The van der Waals surface area contributed by atoms with E-state index in [1.807, 2.05) is 13.8 Å². The average molecular weight is 361 g/mol. The Morgan fingerprint density at radius 3 is 2.19 bits per heavy atom. The van der Waals surface area contributed by atoms with Crippen molar-refractivity contribution in [2.24, 2.45) is 5.41 Å². The number of rotatable bonds is 6. The summed E-state index contributed by atoms with van der Waals surface area (Å²) in [6, 6.07) is 7.06. The van der Waals surface area contributed by atoms with Crippen LogP contribution in [-0.2, 0) is 14.4 Å². The van der Waals surface area contributed by atoms with Gasteiger partial charge in [-0.3, -0.25) is 14.4 Å². The zero-order valence-electron chi connectivity index (χ0n) is 15.8. The van der Waals surface area contributed by atoms with Crippen molar-refractivity contribution in [3.05, 3.63) is 24.3 Å². The molecule has 0 radical (unpaired) electrons. The predicted octanol–water partition coefficient (Wildman–Crippen LogP) is 1.74. The zero-order chi connectivity index (χ0) is 19.3. The van der Waals surface area contributed by atoms with Crippen molar-refractivity contribution in [2.75, 3.05) is 31.5 Å². The number of ether oxygens (including phenoxy) is 1. The molecular weight excluding hydrogens is 334 g/mol. The van der Waals surface area contributed by atoms with E-state index in [0.717, 1.165) is 12.2 Å². The van der Waals surface area contributed by atoms with Crippen LogP contribution >= 0.6 is 0 Å². The van der Waals surface area contributed by atoms with Crippen LogP contribution in [0.25, 0.3) is 0 Å². The minimum atomic E-state index is -1.20. The third-order valence-electron chi connectivity index (χ3n) is 4.34. The minimum Gasteiger partial charge on any atom is -0.491 e. The Labute approximate surface area is 154 Å². The fraction of sp³-hybridized carbons (Fsp3) is 0.526. The molecular formula is C19H27N3O4. The van der Waals surface area contributed by atoms with Crippen LogP contribution in [0.1, 0.15) is 27.7 Å². The van der Waals surface area contributed by atoms with Crippen molar-refractivity contribution in [1.82, 2.24) is 9.80 Å². The third kappa shape index (κ3) is 4.74. The predicted molar refractivity (Wildman–Crippen MR) is 98.8 cm³/mol. The number of hydrogen-bond donors (Lipinski definition) is 1. The first-order chi connectivity index (χ1) is 12.2. The van der Waals surface area contributed by atoms with Crippen LogP contribution in [0.2, 0.25) is 0 Å². The topological polar surface area (TPSA) is 79.0 Å². The maximum atomic E-state index is 12.8. The lowest BCUT2D eigenvalue weighted by molar-refractivity contribution is -0.148. The van der Waals surface area contributed by atoms with E-state index in [1.165, 1.54) is 0 Å². The van der Waals surface area contributed by atoms with Gasteiger partial charge in [-0.1, -0.05) is 0 Å². The Hall–Kier alpha value is -2.57. The smallest absolute Gasteiger partial charge is 0.239 e. The lowest BCUT2D eigenvalue weighted by Crippen LogP contribution is -2.54. The molecule has 0 spiro atoms. The number of piperazine rings is 1.